The fourth-order valence-corrected chi connectivity index (χ4v) is 2.02. The summed E-state index contributed by atoms with van der Waals surface area (Å²) >= 11 is 0. The molecule has 1 aliphatic heterocycles. The molecule has 0 saturated carbocycles. The van der Waals surface area contributed by atoms with Gasteiger partial charge in [-0.1, -0.05) is 13.8 Å². The number of morpholine rings is 1. The third kappa shape index (κ3) is 5.78. The molecule has 1 heterocycles. The molecule has 1 N–H and O–H groups in total. The molecule has 1 unspecified atom stereocenters. The SMILES string of the molecule is CC(C)(CO)CC1CN(C(=O)OC(C)(C)C)CCO1. The van der Waals surface area contributed by atoms with Gasteiger partial charge >= 0.3 is 6.09 Å². The van der Waals surface area contributed by atoms with E-state index in [1.807, 2.05) is 34.6 Å². The minimum atomic E-state index is -0.477. The van der Waals surface area contributed by atoms with Crippen LogP contribution in [0, 0.1) is 5.41 Å². The van der Waals surface area contributed by atoms with Crippen molar-refractivity contribution in [2.45, 2.75) is 52.7 Å². The van der Waals surface area contributed by atoms with Crippen molar-refractivity contribution in [1.29, 1.82) is 0 Å². The highest BCUT2D eigenvalue weighted by Gasteiger charge is 2.31. The van der Waals surface area contributed by atoms with E-state index < -0.39 is 5.60 Å². The molecule has 0 aromatic heterocycles. The second-order valence-electron chi connectivity index (χ2n) is 6.95. The van der Waals surface area contributed by atoms with E-state index in [1.165, 1.54) is 0 Å². The number of rotatable bonds is 3. The van der Waals surface area contributed by atoms with Crippen molar-refractivity contribution in [3.05, 3.63) is 0 Å². The third-order valence-corrected chi connectivity index (χ3v) is 3.00. The molecule has 1 aliphatic rings. The molecule has 0 radical (unpaired) electrons. The van der Waals surface area contributed by atoms with Crippen molar-refractivity contribution in [3.8, 4) is 0 Å². The summed E-state index contributed by atoms with van der Waals surface area (Å²) in [6.45, 7) is 11.3. The minimum absolute atomic E-state index is 0.0385. The van der Waals surface area contributed by atoms with Crippen LogP contribution >= 0.6 is 0 Å². The first-order valence-corrected chi connectivity index (χ1v) is 6.83. The molecule has 0 aromatic rings. The zero-order valence-corrected chi connectivity index (χ0v) is 12.7. The Morgan fingerprint density at radius 1 is 1.37 bits per heavy atom. The first-order chi connectivity index (χ1) is 8.63. The molecule has 1 atom stereocenters. The fourth-order valence-electron chi connectivity index (χ4n) is 2.02. The van der Waals surface area contributed by atoms with Gasteiger partial charge in [0.2, 0.25) is 0 Å². The quantitative estimate of drug-likeness (QED) is 0.855. The monoisotopic (exact) mass is 273 g/mol. The molecule has 0 aromatic carbocycles. The fraction of sp³-hybridized carbons (Fsp3) is 0.929. The average Bonchev–Trinajstić information content (AvgIpc) is 2.26. The molecule has 112 valence electrons. The lowest BCUT2D eigenvalue weighted by Crippen LogP contribution is -2.48. The Kier molecular flexibility index (Phi) is 5.21. The molecule has 0 spiro atoms. The summed E-state index contributed by atoms with van der Waals surface area (Å²) < 4.78 is 11.0. The second-order valence-corrected chi connectivity index (χ2v) is 6.95. The minimum Gasteiger partial charge on any atom is -0.444 e. The molecular formula is C14H27NO4. The maximum atomic E-state index is 12.0. The van der Waals surface area contributed by atoms with Crippen molar-refractivity contribution in [2.24, 2.45) is 5.41 Å². The van der Waals surface area contributed by atoms with Gasteiger partial charge in [-0.25, -0.2) is 4.79 Å². The van der Waals surface area contributed by atoms with Crippen LogP contribution < -0.4 is 0 Å². The van der Waals surface area contributed by atoms with Crippen LogP contribution in [0.3, 0.4) is 0 Å². The van der Waals surface area contributed by atoms with E-state index in [0.717, 1.165) is 6.42 Å². The van der Waals surface area contributed by atoms with Gasteiger partial charge in [0.15, 0.2) is 0 Å². The molecule has 5 nitrogen and oxygen atoms in total. The number of carbonyl (C=O) groups is 1. The van der Waals surface area contributed by atoms with E-state index in [1.54, 1.807) is 4.90 Å². The number of aliphatic hydroxyl groups is 1. The Hall–Kier alpha value is -0.810. The van der Waals surface area contributed by atoms with Crippen molar-refractivity contribution in [1.82, 2.24) is 4.90 Å². The third-order valence-electron chi connectivity index (χ3n) is 3.00. The van der Waals surface area contributed by atoms with Gasteiger partial charge in [-0.15, -0.1) is 0 Å². The molecular weight excluding hydrogens is 246 g/mol. The summed E-state index contributed by atoms with van der Waals surface area (Å²) in [6, 6.07) is 0. The molecule has 0 aliphatic carbocycles. The molecule has 5 heteroatoms. The summed E-state index contributed by atoms with van der Waals surface area (Å²) in [5, 5.41) is 9.29. The summed E-state index contributed by atoms with van der Waals surface area (Å²) in [4.78, 5) is 13.7. The van der Waals surface area contributed by atoms with Crippen molar-refractivity contribution < 1.29 is 19.4 Å². The normalized spacial score (nSPS) is 21.4. The Bertz CT molecular complexity index is 309. The van der Waals surface area contributed by atoms with Crippen LogP contribution in [0.15, 0.2) is 0 Å². The summed E-state index contributed by atoms with van der Waals surface area (Å²) in [7, 11) is 0. The van der Waals surface area contributed by atoms with E-state index in [4.69, 9.17) is 9.47 Å². The smallest absolute Gasteiger partial charge is 0.410 e. The molecule has 1 rings (SSSR count). The molecule has 0 bridgehead atoms. The van der Waals surface area contributed by atoms with Crippen LogP contribution in [-0.2, 0) is 9.47 Å². The zero-order chi connectivity index (χ0) is 14.7. The van der Waals surface area contributed by atoms with Gasteiger partial charge in [-0.3, -0.25) is 0 Å². The number of carbonyl (C=O) groups excluding carboxylic acids is 1. The lowest BCUT2D eigenvalue weighted by molar-refractivity contribution is -0.0599. The van der Waals surface area contributed by atoms with Crippen LogP contribution in [0.25, 0.3) is 0 Å². The lowest BCUT2D eigenvalue weighted by atomic mass is 9.87. The highest BCUT2D eigenvalue weighted by Crippen LogP contribution is 2.25. The first-order valence-electron chi connectivity index (χ1n) is 6.83. The number of hydrogen-bond acceptors (Lipinski definition) is 4. The van der Waals surface area contributed by atoms with Gasteiger partial charge in [0.25, 0.3) is 0 Å². The highest BCUT2D eigenvalue weighted by atomic mass is 16.6. The van der Waals surface area contributed by atoms with Crippen LogP contribution in [-0.4, -0.2) is 54.1 Å². The number of hydrogen-bond donors (Lipinski definition) is 1. The lowest BCUT2D eigenvalue weighted by Gasteiger charge is -2.37. The predicted molar refractivity (Wildman–Crippen MR) is 73.0 cm³/mol. The largest absolute Gasteiger partial charge is 0.444 e. The van der Waals surface area contributed by atoms with E-state index in [0.29, 0.717) is 19.7 Å². The van der Waals surface area contributed by atoms with E-state index in [-0.39, 0.29) is 24.2 Å². The van der Waals surface area contributed by atoms with Gasteiger partial charge < -0.3 is 19.5 Å². The zero-order valence-electron chi connectivity index (χ0n) is 12.7. The van der Waals surface area contributed by atoms with Gasteiger partial charge in [-0.05, 0) is 32.6 Å². The Balaban J connectivity index is 2.53. The van der Waals surface area contributed by atoms with Crippen LogP contribution in [0.4, 0.5) is 4.79 Å². The van der Waals surface area contributed by atoms with Gasteiger partial charge in [-0.2, -0.15) is 0 Å². The predicted octanol–water partition coefficient (Wildman–Crippen LogP) is 2.03. The Labute approximate surface area is 115 Å². The molecule has 19 heavy (non-hydrogen) atoms. The van der Waals surface area contributed by atoms with Crippen LogP contribution in [0.1, 0.15) is 41.0 Å². The number of amides is 1. The Morgan fingerprint density at radius 3 is 2.53 bits per heavy atom. The van der Waals surface area contributed by atoms with E-state index in [2.05, 4.69) is 0 Å². The summed E-state index contributed by atoms with van der Waals surface area (Å²) in [5.41, 5.74) is -0.670. The molecule has 1 amide bonds. The van der Waals surface area contributed by atoms with Crippen molar-refractivity contribution in [3.63, 3.8) is 0 Å². The number of aliphatic hydroxyl groups excluding tert-OH is 1. The highest BCUT2D eigenvalue weighted by molar-refractivity contribution is 5.68. The average molecular weight is 273 g/mol. The van der Waals surface area contributed by atoms with E-state index in [9.17, 15) is 9.90 Å². The van der Waals surface area contributed by atoms with Gasteiger partial charge in [0, 0.05) is 13.2 Å². The van der Waals surface area contributed by atoms with Crippen LogP contribution in [0.2, 0.25) is 0 Å². The van der Waals surface area contributed by atoms with E-state index >= 15 is 0 Å². The van der Waals surface area contributed by atoms with Gasteiger partial charge in [0.1, 0.15) is 5.60 Å². The summed E-state index contributed by atoms with van der Waals surface area (Å²) in [5.74, 6) is 0. The number of ether oxygens (including phenoxy) is 2. The molecule has 1 saturated heterocycles. The second kappa shape index (κ2) is 6.09. The summed E-state index contributed by atoms with van der Waals surface area (Å²) in [6.07, 6.45) is 0.397. The standard InChI is InChI=1S/C14H27NO4/c1-13(2,3)19-12(17)15-6-7-18-11(9-15)8-14(4,5)10-16/h11,16H,6-10H2,1-5H3. The Morgan fingerprint density at radius 2 is 2.00 bits per heavy atom. The maximum absolute atomic E-state index is 12.0. The van der Waals surface area contributed by atoms with Crippen molar-refractivity contribution in [2.75, 3.05) is 26.3 Å². The number of nitrogens with zero attached hydrogens (tertiary/aromatic N) is 1. The molecule has 1 fully saturated rings. The van der Waals surface area contributed by atoms with Crippen LogP contribution in [0.5, 0.6) is 0 Å². The topological polar surface area (TPSA) is 59.0 Å². The maximum Gasteiger partial charge on any atom is 0.410 e. The first kappa shape index (κ1) is 16.2. The van der Waals surface area contributed by atoms with Crippen molar-refractivity contribution >= 4 is 6.09 Å². The van der Waals surface area contributed by atoms with Gasteiger partial charge in [0.05, 0.1) is 19.3 Å².